The van der Waals surface area contributed by atoms with Crippen molar-refractivity contribution < 1.29 is 4.79 Å². The summed E-state index contributed by atoms with van der Waals surface area (Å²) in [6.45, 7) is 3.67. The number of nitriles is 1. The number of carbonyl (C=O) groups is 1. The second kappa shape index (κ2) is 7.85. The molecule has 0 saturated carbocycles. The molecule has 3 rings (SSSR count). The van der Waals surface area contributed by atoms with E-state index >= 15 is 0 Å². The van der Waals surface area contributed by atoms with Crippen LogP contribution >= 0.6 is 11.8 Å². The van der Waals surface area contributed by atoms with Crippen molar-refractivity contribution in [3.8, 4) is 6.07 Å². The molecule has 0 radical (unpaired) electrons. The Bertz CT molecular complexity index is 592. The molecule has 2 saturated heterocycles. The van der Waals surface area contributed by atoms with E-state index in [1.165, 1.54) is 24.3 Å². The smallest absolute Gasteiger partial charge is 0.253 e. The van der Waals surface area contributed by atoms with Crippen LogP contribution in [0.25, 0.3) is 0 Å². The maximum Gasteiger partial charge on any atom is 0.253 e. The first-order chi connectivity index (χ1) is 11.3. The van der Waals surface area contributed by atoms with Gasteiger partial charge in [0.25, 0.3) is 5.91 Å². The van der Waals surface area contributed by atoms with E-state index in [2.05, 4.69) is 22.7 Å². The quantitative estimate of drug-likeness (QED) is 0.837. The fourth-order valence-corrected chi connectivity index (χ4v) is 4.54. The minimum atomic E-state index is 0.0585. The molecule has 2 aliphatic heterocycles. The maximum atomic E-state index is 12.7. The van der Waals surface area contributed by atoms with Crippen LogP contribution < -0.4 is 0 Å². The van der Waals surface area contributed by atoms with Crippen molar-refractivity contribution >= 4 is 17.7 Å². The molecule has 0 unspecified atom stereocenters. The van der Waals surface area contributed by atoms with Crippen LogP contribution in [0.4, 0.5) is 0 Å². The number of thioether (sulfide) groups is 1. The van der Waals surface area contributed by atoms with E-state index < -0.39 is 0 Å². The summed E-state index contributed by atoms with van der Waals surface area (Å²) < 4.78 is 0. The molecule has 5 heteroatoms. The minimum Gasteiger partial charge on any atom is -0.337 e. The van der Waals surface area contributed by atoms with Gasteiger partial charge in [0.2, 0.25) is 0 Å². The van der Waals surface area contributed by atoms with Crippen LogP contribution in [-0.4, -0.2) is 59.4 Å². The zero-order valence-corrected chi connectivity index (χ0v) is 14.2. The predicted molar refractivity (Wildman–Crippen MR) is 93.6 cm³/mol. The lowest BCUT2D eigenvalue weighted by molar-refractivity contribution is 0.0757. The molecule has 23 heavy (non-hydrogen) atoms. The summed E-state index contributed by atoms with van der Waals surface area (Å²) in [5.74, 6) is 2.60. The van der Waals surface area contributed by atoms with Crippen molar-refractivity contribution in [1.29, 1.82) is 5.26 Å². The highest BCUT2D eigenvalue weighted by atomic mass is 32.2. The number of hydrogen-bond acceptors (Lipinski definition) is 4. The Labute approximate surface area is 142 Å². The van der Waals surface area contributed by atoms with E-state index in [-0.39, 0.29) is 5.91 Å². The van der Waals surface area contributed by atoms with E-state index in [1.807, 2.05) is 11.0 Å². The maximum absolute atomic E-state index is 12.7. The summed E-state index contributed by atoms with van der Waals surface area (Å²) in [4.78, 5) is 17.2. The lowest BCUT2D eigenvalue weighted by atomic mass is 10.1. The van der Waals surface area contributed by atoms with E-state index in [0.29, 0.717) is 17.2 Å². The van der Waals surface area contributed by atoms with E-state index in [4.69, 9.17) is 5.26 Å². The Morgan fingerprint density at radius 1 is 1.17 bits per heavy atom. The molecular formula is C18H23N3OS. The number of carbonyl (C=O) groups excluding carboxylic acids is 1. The summed E-state index contributed by atoms with van der Waals surface area (Å²) in [5.41, 5.74) is 1.18. The Kier molecular flexibility index (Phi) is 5.58. The van der Waals surface area contributed by atoms with Gasteiger partial charge in [-0.1, -0.05) is 6.07 Å². The summed E-state index contributed by atoms with van der Waals surface area (Å²) in [6.07, 6.45) is 3.60. The molecule has 0 bridgehead atoms. The lowest BCUT2D eigenvalue weighted by Crippen LogP contribution is -2.41. The van der Waals surface area contributed by atoms with Crippen LogP contribution in [0.3, 0.4) is 0 Å². The summed E-state index contributed by atoms with van der Waals surface area (Å²) in [7, 11) is 0. The summed E-state index contributed by atoms with van der Waals surface area (Å²) in [5, 5.41) is 8.99. The van der Waals surface area contributed by atoms with Gasteiger partial charge in [0.15, 0.2) is 0 Å². The van der Waals surface area contributed by atoms with Crippen LogP contribution in [0.2, 0.25) is 0 Å². The molecule has 0 aromatic heterocycles. The Balaban J connectivity index is 1.63. The molecule has 2 fully saturated rings. The first kappa shape index (κ1) is 16.4. The number of benzene rings is 1. The van der Waals surface area contributed by atoms with Gasteiger partial charge in [0, 0.05) is 37.8 Å². The third-order valence-corrected chi connectivity index (χ3v) is 5.81. The normalized spacial score (nSPS) is 20.7. The number of hydrogen-bond donors (Lipinski definition) is 0. The minimum absolute atomic E-state index is 0.0585. The van der Waals surface area contributed by atoms with Gasteiger partial charge in [-0.25, -0.2) is 0 Å². The van der Waals surface area contributed by atoms with Gasteiger partial charge in [-0.3, -0.25) is 9.69 Å². The average molecular weight is 329 g/mol. The first-order valence-corrected chi connectivity index (χ1v) is 9.54. The fraction of sp³-hybridized carbons (Fsp3) is 0.556. The topological polar surface area (TPSA) is 47.3 Å². The summed E-state index contributed by atoms with van der Waals surface area (Å²) >= 11 is 2.06. The zero-order chi connectivity index (χ0) is 16.1. The highest BCUT2D eigenvalue weighted by Crippen LogP contribution is 2.23. The van der Waals surface area contributed by atoms with E-state index in [1.54, 1.807) is 18.2 Å². The molecule has 1 aromatic carbocycles. The van der Waals surface area contributed by atoms with Crippen molar-refractivity contribution in [2.45, 2.75) is 25.3 Å². The zero-order valence-electron chi connectivity index (χ0n) is 13.4. The largest absolute Gasteiger partial charge is 0.337 e. The molecule has 122 valence electrons. The number of amides is 1. The Morgan fingerprint density at radius 3 is 2.78 bits per heavy atom. The molecule has 1 amide bonds. The van der Waals surface area contributed by atoms with Crippen LogP contribution in [-0.2, 0) is 0 Å². The van der Waals surface area contributed by atoms with E-state index in [9.17, 15) is 4.79 Å². The van der Waals surface area contributed by atoms with E-state index in [0.717, 1.165) is 32.6 Å². The van der Waals surface area contributed by atoms with Crippen molar-refractivity contribution in [2.75, 3.05) is 37.7 Å². The standard InChI is InChI=1S/C18H23N3OS/c19-14-15-3-1-4-16(13-15)18(22)21-8-2-7-20(9-10-21)17-5-11-23-12-6-17/h1,3-4,13,17H,2,5-12H2. The molecule has 0 aliphatic carbocycles. The Morgan fingerprint density at radius 2 is 2.00 bits per heavy atom. The molecule has 1 aromatic rings. The molecule has 2 heterocycles. The first-order valence-electron chi connectivity index (χ1n) is 8.39. The lowest BCUT2D eigenvalue weighted by Gasteiger charge is -2.33. The van der Waals surface area contributed by atoms with Gasteiger partial charge in [-0.2, -0.15) is 17.0 Å². The van der Waals surface area contributed by atoms with Crippen LogP contribution in [0.1, 0.15) is 35.2 Å². The SMILES string of the molecule is N#Cc1cccc(C(=O)N2CCCN(C3CCSCC3)CC2)c1. The van der Waals surface area contributed by atoms with Gasteiger partial charge >= 0.3 is 0 Å². The highest BCUT2D eigenvalue weighted by Gasteiger charge is 2.25. The predicted octanol–water partition coefficient (Wildman–Crippen LogP) is 2.60. The molecule has 2 aliphatic rings. The monoisotopic (exact) mass is 329 g/mol. The Hall–Kier alpha value is -1.51. The van der Waals surface area contributed by atoms with Crippen molar-refractivity contribution in [3.63, 3.8) is 0 Å². The molecule has 4 nitrogen and oxygen atoms in total. The second-order valence-corrected chi connectivity index (χ2v) is 7.44. The third-order valence-electron chi connectivity index (χ3n) is 4.76. The molecule has 0 N–H and O–H groups in total. The van der Waals surface area contributed by atoms with Gasteiger partial charge in [0.1, 0.15) is 0 Å². The fourth-order valence-electron chi connectivity index (χ4n) is 3.46. The van der Waals surface area contributed by atoms with Gasteiger partial charge in [-0.05, 0) is 49.0 Å². The van der Waals surface area contributed by atoms with Crippen molar-refractivity contribution in [3.05, 3.63) is 35.4 Å². The van der Waals surface area contributed by atoms with Gasteiger partial charge in [0.05, 0.1) is 11.6 Å². The third kappa shape index (κ3) is 4.07. The molecular weight excluding hydrogens is 306 g/mol. The van der Waals surface area contributed by atoms with Gasteiger partial charge in [-0.15, -0.1) is 0 Å². The molecule has 0 atom stereocenters. The summed E-state index contributed by atoms with van der Waals surface area (Å²) in [6, 6.07) is 9.84. The number of nitrogens with zero attached hydrogens (tertiary/aromatic N) is 3. The van der Waals surface area contributed by atoms with Gasteiger partial charge < -0.3 is 4.90 Å². The van der Waals surface area contributed by atoms with Crippen LogP contribution in [0.15, 0.2) is 24.3 Å². The number of rotatable bonds is 2. The van der Waals surface area contributed by atoms with Crippen molar-refractivity contribution in [1.82, 2.24) is 9.80 Å². The van der Waals surface area contributed by atoms with Crippen LogP contribution in [0, 0.1) is 11.3 Å². The second-order valence-electron chi connectivity index (χ2n) is 6.22. The van der Waals surface area contributed by atoms with Crippen molar-refractivity contribution in [2.24, 2.45) is 0 Å². The molecule has 0 spiro atoms. The highest BCUT2D eigenvalue weighted by molar-refractivity contribution is 7.99. The van der Waals surface area contributed by atoms with Crippen LogP contribution in [0.5, 0.6) is 0 Å². The average Bonchev–Trinajstić information content (AvgIpc) is 2.88.